The van der Waals surface area contributed by atoms with E-state index in [2.05, 4.69) is 0 Å². The van der Waals surface area contributed by atoms with Crippen LogP contribution in [0.2, 0.25) is 0 Å². The highest BCUT2D eigenvalue weighted by molar-refractivity contribution is 5.30. The highest BCUT2D eigenvalue weighted by atomic mass is 16.7. The second kappa shape index (κ2) is 7.23. The molecule has 3 N–H and O–H groups in total. The first-order chi connectivity index (χ1) is 11.9. The van der Waals surface area contributed by atoms with E-state index < -0.39 is 30.2 Å². The second-order valence-corrected chi connectivity index (χ2v) is 6.57. The molecule has 134 valence electrons. The molecule has 0 spiro atoms. The number of aryl methyl sites for hydroxylation is 1. The summed E-state index contributed by atoms with van der Waals surface area (Å²) in [4.78, 5) is 0. The van der Waals surface area contributed by atoms with Gasteiger partial charge in [0.1, 0.15) is 17.8 Å². The maximum absolute atomic E-state index is 11.4. The summed E-state index contributed by atoms with van der Waals surface area (Å²) in [6.45, 7) is 3.40. The average molecular weight is 344 g/mol. The van der Waals surface area contributed by atoms with Crippen molar-refractivity contribution in [3.05, 3.63) is 71.3 Å². The molecule has 5 atom stereocenters. The van der Waals surface area contributed by atoms with Gasteiger partial charge < -0.3 is 24.8 Å². The van der Waals surface area contributed by atoms with Crippen molar-refractivity contribution < 1.29 is 24.8 Å². The summed E-state index contributed by atoms with van der Waals surface area (Å²) in [5, 5.41) is 32.1. The predicted octanol–water partition coefficient (Wildman–Crippen LogP) is 2.04. The average Bonchev–Trinajstić information content (AvgIpc) is 2.62. The Morgan fingerprint density at radius 3 is 2.48 bits per heavy atom. The van der Waals surface area contributed by atoms with Crippen LogP contribution in [0.3, 0.4) is 0 Å². The molecule has 5 heteroatoms. The van der Waals surface area contributed by atoms with Gasteiger partial charge in [-0.2, -0.15) is 0 Å². The molecule has 0 aromatic heterocycles. The molecule has 3 rings (SSSR count). The quantitative estimate of drug-likeness (QED) is 0.791. The van der Waals surface area contributed by atoms with E-state index >= 15 is 0 Å². The molecule has 0 unspecified atom stereocenters. The maximum Gasteiger partial charge on any atom is 0.184 e. The van der Waals surface area contributed by atoms with E-state index in [-0.39, 0.29) is 6.61 Å². The lowest BCUT2D eigenvalue weighted by Crippen LogP contribution is -2.58. The summed E-state index contributed by atoms with van der Waals surface area (Å²) in [5.74, 6) is 0. The minimum Gasteiger partial charge on any atom is -0.390 e. The molecule has 2 aromatic carbocycles. The summed E-state index contributed by atoms with van der Waals surface area (Å²) >= 11 is 0. The van der Waals surface area contributed by atoms with E-state index in [0.717, 1.165) is 11.1 Å². The van der Waals surface area contributed by atoms with E-state index in [1.807, 2.05) is 43.3 Å². The number of hydrogen-bond donors (Lipinski definition) is 3. The molecule has 1 aliphatic heterocycles. The van der Waals surface area contributed by atoms with Gasteiger partial charge in [0, 0.05) is 5.56 Å². The van der Waals surface area contributed by atoms with E-state index in [4.69, 9.17) is 9.47 Å². The molecule has 1 heterocycles. The van der Waals surface area contributed by atoms with Gasteiger partial charge in [0.05, 0.1) is 12.7 Å². The predicted molar refractivity (Wildman–Crippen MR) is 92.8 cm³/mol. The first-order valence-corrected chi connectivity index (χ1v) is 8.40. The first-order valence-electron chi connectivity index (χ1n) is 8.40. The van der Waals surface area contributed by atoms with Gasteiger partial charge in [0.2, 0.25) is 0 Å². The molecule has 2 aromatic rings. The van der Waals surface area contributed by atoms with Gasteiger partial charge in [-0.3, -0.25) is 0 Å². The zero-order chi connectivity index (χ0) is 18.0. The van der Waals surface area contributed by atoms with Gasteiger partial charge in [0.15, 0.2) is 6.29 Å². The van der Waals surface area contributed by atoms with Crippen molar-refractivity contribution in [1.29, 1.82) is 0 Å². The summed E-state index contributed by atoms with van der Waals surface area (Å²) < 4.78 is 11.5. The summed E-state index contributed by atoms with van der Waals surface area (Å²) in [6.07, 6.45) is -3.97. The topological polar surface area (TPSA) is 79.2 Å². The number of ether oxygens (including phenoxy) is 2. The van der Waals surface area contributed by atoms with Gasteiger partial charge in [0.25, 0.3) is 0 Å². The van der Waals surface area contributed by atoms with Crippen molar-refractivity contribution in [3.8, 4) is 0 Å². The molecule has 0 saturated carbocycles. The van der Waals surface area contributed by atoms with Gasteiger partial charge in [-0.25, -0.2) is 0 Å². The third-order valence-electron chi connectivity index (χ3n) is 4.66. The normalized spacial score (nSPS) is 27.5. The molecule has 0 amide bonds. The minimum atomic E-state index is -1.76. The maximum atomic E-state index is 11.4. The van der Waals surface area contributed by atoms with Gasteiger partial charge in [-0.1, -0.05) is 60.2 Å². The van der Waals surface area contributed by atoms with E-state index in [0.29, 0.717) is 5.56 Å². The van der Waals surface area contributed by atoms with Crippen LogP contribution < -0.4 is 0 Å². The largest absolute Gasteiger partial charge is 0.390 e. The lowest BCUT2D eigenvalue weighted by Gasteiger charge is -2.45. The molecule has 5 nitrogen and oxygen atoms in total. The van der Waals surface area contributed by atoms with E-state index in [9.17, 15) is 15.3 Å². The highest BCUT2D eigenvalue weighted by Gasteiger charge is 2.50. The fourth-order valence-electron chi connectivity index (χ4n) is 3.26. The lowest BCUT2D eigenvalue weighted by molar-refractivity contribution is -0.310. The summed E-state index contributed by atoms with van der Waals surface area (Å²) in [5.41, 5.74) is 0.469. The lowest BCUT2D eigenvalue weighted by atomic mass is 9.80. The van der Waals surface area contributed by atoms with Gasteiger partial charge in [-0.15, -0.1) is 0 Å². The third kappa shape index (κ3) is 3.47. The SMILES string of the molecule is Cc1cccc([C@@](O)([C@H](C)O)[C@@H]2O[C@H](c3ccccc3)OC[C@H]2O)c1. The Labute approximate surface area is 147 Å². The summed E-state index contributed by atoms with van der Waals surface area (Å²) in [6, 6.07) is 16.5. The molecule has 1 aliphatic rings. The molecule has 0 bridgehead atoms. The Kier molecular flexibility index (Phi) is 5.22. The molecule has 0 aliphatic carbocycles. The Balaban J connectivity index is 1.97. The third-order valence-corrected chi connectivity index (χ3v) is 4.66. The first kappa shape index (κ1) is 18.0. The van der Waals surface area contributed by atoms with E-state index in [1.165, 1.54) is 6.92 Å². The zero-order valence-corrected chi connectivity index (χ0v) is 14.4. The van der Waals surface area contributed by atoms with Gasteiger partial charge >= 0.3 is 0 Å². The van der Waals surface area contributed by atoms with Crippen LogP contribution in [-0.2, 0) is 15.1 Å². The van der Waals surface area contributed by atoms with Crippen molar-refractivity contribution in [3.63, 3.8) is 0 Å². The second-order valence-electron chi connectivity index (χ2n) is 6.57. The van der Waals surface area contributed by atoms with Crippen LogP contribution >= 0.6 is 0 Å². The molecule has 25 heavy (non-hydrogen) atoms. The standard InChI is InChI=1S/C20H24O5/c1-13-7-6-10-16(11-13)20(23,14(2)21)18-17(22)12-24-19(25-18)15-8-4-3-5-9-15/h3-11,14,17-19,21-23H,12H2,1-2H3/t14-,17+,18+,19+,20-/m0/s1. The van der Waals surface area contributed by atoms with Crippen molar-refractivity contribution in [2.75, 3.05) is 6.61 Å². The van der Waals surface area contributed by atoms with Gasteiger partial charge in [-0.05, 0) is 19.4 Å². The Morgan fingerprint density at radius 2 is 1.84 bits per heavy atom. The molecular weight excluding hydrogens is 320 g/mol. The Bertz CT molecular complexity index is 702. The fraction of sp³-hybridized carbons (Fsp3) is 0.400. The van der Waals surface area contributed by atoms with Crippen LogP contribution in [0.15, 0.2) is 54.6 Å². The van der Waals surface area contributed by atoms with Crippen LogP contribution in [0.5, 0.6) is 0 Å². The van der Waals surface area contributed by atoms with Crippen LogP contribution in [-0.4, -0.2) is 40.2 Å². The highest BCUT2D eigenvalue weighted by Crippen LogP contribution is 2.39. The minimum absolute atomic E-state index is 0.00503. The fourth-order valence-corrected chi connectivity index (χ4v) is 3.26. The Hall–Kier alpha value is -1.76. The van der Waals surface area contributed by atoms with Crippen molar-refractivity contribution in [2.45, 2.75) is 44.1 Å². The molecular formula is C20H24O5. The molecule has 1 saturated heterocycles. The van der Waals surface area contributed by atoms with E-state index in [1.54, 1.807) is 18.2 Å². The summed E-state index contributed by atoms with van der Waals surface area (Å²) in [7, 11) is 0. The molecule has 0 radical (unpaired) electrons. The smallest absolute Gasteiger partial charge is 0.184 e. The van der Waals surface area contributed by atoms with Crippen molar-refractivity contribution >= 4 is 0 Å². The zero-order valence-electron chi connectivity index (χ0n) is 14.4. The van der Waals surface area contributed by atoms with Crippen LogP contribution in [0, 0.1) is 6.92 Å². The van der Waals surface area contributed by atoms with Crippen LogP contribution in [0.25, 0.3) is 0 Å². The monoisotopic (exact) mass is 344 g/mol. The number of rotatable bonds is 4. The van der Waals surface area contributed by atoms with Crippen LogP contribution in [0.4, 0.5) is 0 Å². The number of aliphatic hydroxyl groups is 3. The molecule has 1 fully saturated rings. The van der Waals surface area contributed by atoms with Crippen molar-refractivity contribution in [2.24, 2.45) is 0 Å². The van der Waals surface area contributed by atoms with Crippen LogP contribution in [0.1, 0.15) is 29.9 Å². The van der Waals surface area contributed by atoms with Crippen molar-refractivity contribution in [1.82, 2.24) is 0 Å². The number of hydrogen-bond acceptors (Lipinski definition) is 5. The number of benzene rings is 2. The Morgan fingerprint density at radius 1 is 1.12 bits per heavy atom. The number of aliphatic hydroxyl groups excluding tert-OH is 2.